The Hall–Kier alpha value is -1.10. The largest absolute Gasteiger partial charge is 0.383 e. The molecule has 4 nitrogen and oxygen atoms in total. The Bertz CT molecular complexity index is 455. The molecule has 0 aliphatic heterocycles. The van der Waals surface area contributed by atoms with Gasteiger partial charge in [-0.05, 0) is 30.9 Å². The number of hydrogen-bond donors (Lipinski definition) is 1. The Kier molecular flexibility index (Phi) is 4.29. The minimum atomic E-state index is -2.94. The second-order valence-electron chi connectivity index (χ2n) is 3.96. The molecule has 5 heteroatoms. The quantitative estimate of drug-likeness (QED) is 0.845. The van der Waals surface area contributed by atoms with E-state index in [4.69, 9.17) is 5.73 Å². The number of hydrogen-bond acceptors (Lipinski definition) is 4. The second-order valence-corrected chi connectivity index (χ2v) is 6.26. The van der Waals surface area contributed by atoms with E-state index >= 15 is 0 Å². The molecule has 0 unspecified atom stereocenters. The summed E-state index contributed by atoms with van der Waals surface area (Å²) in [5.74, 6) is 0.819. The molecule has 0 saturated heterocycles. The predicted molar refractivity (Wildman–Crippen MR) is 66.0 cm³/mol. The molecule has 2 N–H and O–H groups in total. The zero-order valence-electron chi connectivity index (χ0n) is 9.73. The summed E-state index contributed by atoms with van der Waals surface area (Å²) in [7, 11) is -2.94. The van der Waals surface area contributed by atoms with Crippen molar-refractivity contribution in [3.63, 3.8) is 0 Å². The van der Waals surface area contributed by atoms with Gasteiger partial charge in [0.25, 0.3) is 0 Å². The van der Waals surface area contributed by atoms with E-state index in [1.807, 2.05) is 19.9 Å². The summed E-state index contributed by atoms with van der Waals surface area (Å²) in [6.07, 6.45) is 2.78. The molecule has 0 fully saturated rings. The number of aromatic nitrogens is 1. The van der Waals surface area contributed by atoms with E-state index in [1.54, 1.807) is 6.20 Å². The molecule has 0 aliphatic carbocycles. The van der Waals surface area contributed by atoms with Gasteiger partial charge in [-0.1, -0.05) is 13.0 Å². The molecule has 1 aromatic heterocycles. The third kappa shape index (κ3) is 3.81. The summed E-state index contributed by atoms with van der Waals surface area (Å²) in [6, 6.07) is 1.89. The van der Waals surface area contributed by atoms with Crippen molar-refractivity contribution in [2.45, 2.75) is 26.7 Å². The van der Waals surface area contributed by atoms with Crippen LogP contribution in [0.25, 0.3) is 0 Å². The van der Waals surface area contributed by atoms with Gasteiger partial charge in [-0.15, -0.1) is 0 Å². The summed E-state index contributed by atoms with van der Waals surface area (Å²) in [4.78, 5) is 4.01. The molecule has 16 heavy (non-hydrogen) atoms. The average molecular weight is 242 g/mol. The zero-order chi connectivity index (χ0) is 12.2. The number of nitrogens with zero attached hydrogens (tertiary/aromatic N) is 1. The summed E-state index contributed by atoms with van der Waals surface area (Å²) < 4.78 is 23.1. The maximum atomic E-state index is 11.5. The third-order valence-corrected chi connectivity index (χ3v) is 4.19. The monoisotopic (exact) mass is 242 g/mol. The van der Waals surface area contributed by atoms with Gasteiger partial charge in [0.1, 0.15) is 5.82 Å². The highest BCUT2D eigenvalue weighted by Gasteiger charge is 2.11. The van der Waals surface area contributed by atoms with E-state index in [2.05, 4.69) is 4.98 Å². The van der Waals surface area contributed by atoms with Crippen molar-refractivity contribution in [3.8, 4) is 0 Å². The van der Waals surface area contributed by atoms with E-state index in [-0.39, 0.29) is 11.5 Å². The van der Waals surface area contributed by atoms with Gasteiger partial charge in [-0.3, -0.25) is 0 Å². The van der Waals surface area contributed by atoms with Crippen LogP contribution in [0.1, 0.15) is 24.5 Å². The number of nitrogens with two attached hydrogens (primary N) is 1. The van der Waals surface area contributed by atoms with Crippen LogP contribution in [0.3, 0.4) is 0 Å². The topological polar surface area (TPSA) is 73.0 Å². The third-order valence-electron chi connectivity index (χ3n) is 2.34. The number of sulfone groups is 1. The van der Waals surface area contributed by atoms with E-state index < -0.39 is 9.84 Å². The Morgan fingerprint density at radius 3 is 2.69 bits per heavy atom. The summed E-state index contributed by atoms with van der Waals surface area (Å²) in [5, 5.41) is 0. The molecule has 0 atom stereocenters. The van der Waals surface area contributed by atoms with E-state index in [9.17, 15) is 8.42 Å². The van der Waals surface area contributed by atoms with Gasteiger partial charge in [0.05, 0.1) is 5.75 Å². The summed E-state index contributed by atoms with van der Waals surface area (Å²) in [5.41, 5.74) is 7.50. The lowest BCUT2D eigenvalue weighted by atomic mass is 10.1. The van der Waals surface area contributed by atoms with Crippen LogP contribution >= 0.6 is 0 Å². The molecule has 90 valence electrons. The van der Waals surface area contributed by atoms with Crippen molar-refractivity contribution < 1.29 is 8.42 Å². The molecular formula is C11H18N2O2S. The van der Waals surface area contributed by atoms with Gasteiger partial charge in [0, 0.05) is 11.9 Å². The zero-order valence-corrected chi connectivity index (χ0v) is 10.5. The fraction of sp³-hybridized carbons (Fsp3) is 0.545. The molecule has 0 radical (unpaired) electrons. The van der Waals surface area contributed by atoms with E-state index in [1.165, 1.54) is 0 Å². The normalized spacial score (nSPS) is 11.6. The molecule has 0 saturated carbocycles. The number of nitrogen functional groups attached to an aromatic ring is 1. The van der Waals surface area contributed by atoms with Gasteiger partial charge < -0.3 is 5.73 Å². The molecule has 0 aliphatic rings. The van der Waals surface area contributed by atoms with Gasteiger partial charge in [0.2, 0.25) is 0 Å². The fourth-order valence-electron chi connectivity index (χ4n) is 1.52. The average Bonchev–Trinajstić information content (AvgIpc) is 2.19. The first-order valence-corrected chi connectivity index (χ1v) is 7.18. The van der Waals surface area contributed by atoms with Crippen LogP contribution in [0.5, 0.6) is 0 Å². The Morgan fingerprint density at radius 1 is 1.38 bits per heavy atom. The van der Waals surface area contributed by atoms with Crippen LogP contribution in [-0.4, -0.2) is 24.9 Å². The fourth-order valence-corrected chi connectivity index (χ4v) is 2.88. The molecule has 1 heterocycles. The number of pyridine rings is 1. The molecule has 0 bridgehead atoms. The van der Waals surface area contributed by atoms with Crippen molar-refractivity contribution in [3.05, 3.63) is 23.4 Å². The van der Waals surface area contributed by atoms with Gasteiger partial charge in [0.15, 0.2) is 9.84 Å². The summed E-state index contributed by atoms with van der Waals surface area (Å²) >= 11 is 0. The lowest BCUT2D eigenvalue weighted by Gasteiger charge is -2.06. The lowest BCUT2D eigenvalue weighted by molar-refractivity contribution is 0.594. The minimum Gasteiger partial charge on any atom is -0.383 e. The maximum Gasteiger partial charge on any atom is 0.150 e. The smallest absolute Gasteiger partial charge is 0.150 e. The van der Waals surface area contributed by atoms with Crippen molar-refractivity contribution in [1.29, 1.82) is 0 Å². The van der Waals surface area contributed by atoms with Crippen molar-refractivity contribution in [1.82, 2.24) is 4.98 Å². The van der Waals surface area contributed by atoms with Crippen molar-refractivity contribution in [2.24, 2.45) is 0 Å². The van der Waals surface area contributed by atoms with Crippen LogP contribution in [0.15, 0.2) is 12.3 Å². The standard InChI is InChI=1S/C11H18N2O2S/c1-3-5-16(14,15)6-4-10-7-9(2)8-13-11(10)12/h7-8H,3-6H2,1-2H3,(H2,12,13). The first kappa shape index (κ1) is 13.0. The van der Waals surface area contributed by atoms with Gasteiger partial charge in [-0.2, -0.15) is 0 Å². The van der Waals surface area contributed by atoms with Crippen LogP contribution in [-0.2, 0) is 16.3 Å². The second kappa shape index (κ2) is 5.30. The Balaban J connectivity index is 2.71. The van der Waals surface area contributed by atoms with Crippen LogP contribution in [0, 0.1) is 6.92 Å². The number of rotatable bonds is 5. The Morgan fingerprint density at radius 2 is 2.06 bits per heavy atom. The number of aryl methyl sites for hydroxylation is 2. The van der Waals surface area contributed by atoms with E-state index in [0.717, 1.165) is 11.1 Å². The molecule has 1 aromatic rings. The minimum absolute atomic E-state index is 0.149. The highest BCUT2D eigenvalue weighted by Crippen LogP contribution is 2.12. The molecule has 0 spiro atoms. The molecule has 0 aromatic carbocycles. The van der Waals surface area contributed by atoms with Crippen molar-refractivity contribution >= 4 is 15.7 Å². The first-order valence-electron chi connectivity index (χ1n) is 5.36. The highest BCUT2D eigenvalue weighted by molar-refractivity contribution is 7.91. The van der Waals surface area contributed by atoms with E-state index in [0.29, 0.717) is 18.7 Å². The highest BCUT2D eigenvalue weighted by atomic mass is 32.2. The van der Waals surface area contributed by atoms with Crippen molar-refractivity contribution in [2.75, 3.05) is 17.2 Å². The molecule has 0 amide bonds. The lowest BCUT2D eigenvalue weighted by Crippen LogP contribution is -2.13. The SMILES string of the molecule is CCCS(=O)(=O)CCc1cc(C)cnc1N. The van der Waals surface area contributed by atoms with Crippen LogP contribution in [0.2, 0.25) is 0 Å². The summed E-state index contributed by atoms with van der Waals surface area (Å²) in [6.45, 7) is 3.77. The van der Waals surface area contributed by atoms with Gasteiger partial charge >= 0.3 is 0 Å². The maximum absolute atomic E-state index is 11.5. The predicted octanol–water partition coefficient (Wildman–Crippen LogP) is 1.34. The first-order chi connectivity index (χ1) is 7.44. The van der Waals surface area contributed by atoms with Crippen LogP contribution < -0.4 is 5.73 Å². The van der Waals surface area contributed by atoms with Gasteiger partial charge in [-0.25, -0.2) is 13.4 Å². The molecular weight excluding hydrogens is 224 g/mol. The number of anilines is 1. The Labute approximate surface area is 96.8 Å². The molecule has 1 rings (SSSR count). The van der Waals surface area contributed by atoms with Crippen LogP contribution in [0.4, 0.5) is 5.82 Å².